The van der Waals surface area contributed by atoms with Crippen molar-refractivity contribution < 1.29 is 14.3 Å². The summed E-state index contributed by atoms with van der Waals surface area (Å²) in [5, 5.41) is 17.4. The predicted octanol–water partition coefficient (Wildman–Crippen LogP) is 2.15. The van der Waals surface area contributed by atoms with Gasteiger partial charge in [-0.25, -0.2) is 4.79 Å². The third kappa shape index (κ3) is 2.66. The summed E-state index contributed by atoms with van der Waals surface area (Å²) in [6.45, 7) is 0.893. The zero-order valence-corrected chi connectivity index (χ0v) is 11.5. The molecule has 6 nitrogen and oxygen atoms in total. The first-order valence-corrected chi connectivity index (χ1v) is 6.58. The molecule has 0 saturated carbocycles. The number of carboxylic acid groups (broad SMARTS) is 1. The molecule has 108 valence electrons. The topological polar surface area (TPSA) is 80.3 Å². The molecule has 0 amide bonds. The van der Waals surface area contributed by atoms with Crippen molar-refractivity contribution in [2.45, 2.75) is 13.1 Å². The molecule has 21 heavy (non-hydrogen) atoms. The van der Waals surface area contributed by atoms with Crippen LogP contribution in [0.1, 0.15) is 21.8 Å². The first-order valence-electron chi connectivity index (χ1n) is 6.58. The molecule has 2 N–H and O–H groups in total. The van der Waals surface area contributed by atoms with Gasteiger partial charge in [-0.1, -0.05) is 18.2 Å². The number of hydrogen-bond donors (Lipinski definition) is 2. The van der Waals surface area contributed by atoms with Crippen LogP contribution in [0.2, 0.25) is 0 Å². The van der Waals surface area contributed by atoms with Crippen molar-refractivity contribution in [3.05, 3.63) is 53.5 Å². The fourth-order valence-electron chi connectivity index (χ4n) is 2.32. The lowest BCUT2D eigenvalue weighted by Crippen LogP contribution is -2.15. The number of benzene rings is 1. The Bertz CT molecular complexity index is 788. The first-order chi connectivity index (χ1) is 10.1. The van der Waals surface area contributed by atoms with E-state index in [1.165, 1.54) is 0 Å². The Hall–Kier alpha value is -2.60. The third-order valence-corrected chi connectivity index (χ3v) is 3.24. The van der Waals surface area contributed by atoms with Gasteiger partial charge in [0.15, 0.2) is 0 Å². The van der Waals surface area contributed by atoms with Crippen molar-refractivity contribution in [3.8, 4) is 0 Å². The van der Waals surface area contributed by atoms with Gasteiger partial charge in [-0.15, -0.1) is 0 Å². The minimum atomic E-state index is -0.977. The average molecular weight is 285 g/mol. The van der Waals surface area contributed by atoms with Gasteiger partial charge in [-0.05, 0) is 12.1 Å². The van der Waals surface area contributed by atoms with E-state index in [-0.39, 0.29) is 5.56 Å². The molecule has 0 unspecified atom stereocenters. The number of nitrogens with one attached hydrogen (secondary N) is 1. The second-order valence-electron chi connectivity index (χ2n) is 4.79. The summed E-state index contributed by atoms with van der Waals surface area (Å²) in [6, 6.07) is 9.05. The highest BCUT2D eigenvalue weighted by Gasteiger charge is 2.19. The molecule has 3 aromatic rings. The molecule has 0 saturated heterocycles. The highest BCUT2D eigenvalue weighted by Crippen LogP contribution is 2.25. The number of carbonyl (C=O) groups is 1. The maximum Gasteiger partial charge on any atom is 0.339 e. The second kappa shape index (κ2) is 5.41. The molecule has 6 heteroatoms. The third-order valence-electron chi connectivity index (χ3n) is 3.24. The van der Waals surface area contributed by atoms with Gasteiger partial charge in [-0.3, -0.25) is 4.68 Å². The number of hydrogen-bond acceptors (Lipinski definition) is 4. The Morgan fingerprint density at radius 2 is 2.14 bits per heavy atom. The van der Waals surface area contributed by atoms with Crippen LogP contribution in [0.15, 0.2) is 40.9 Å². The zero-order valence-electron chi connectivity index (χ0n) is 11.5. The minimum absolute atomic E-state index is 0.221. The highest BCUT2D eigenvalue weighted by molar-refractivity contribution is 6.03. The molecule has 0 aliphatic carbocycles. The Balaban J connectivity index is 1.80. The average Bonchev–Trinajstić information content (AvgIpc) is 3.02. The number of fused-ring (bicyclic) bond motifs is 1. The van der Waals surface area contributed by atoms with Crippen LogP contribution in [-0.4, -0.2) is 20.9 Å². The summed E-state index contributed by atoms with van der Waals surface area (Å²) in [4.78, 5) is 11.4. The minimum Gasteiger partial charge on any atom is -0.478 e. The van der Waals surface area contributed by atoms with Gasteiger partial charge in [0.2, 0.25) is 0 Å². The number of carboxylic acids is 1. The number of nitrogens with zero attached hydrogens (tertiary/aromatic N) is 2. The van der Waals surface area contributed by atoms with Gasteiger partial charge >= 0.3 is 5.97 Å². The quantitative estimate of drug-likeness (QED) is 0.751. The smallest absolute Gasteiger partial charge is 0.339 e. The summed E-state index contributed by atoms with van der Waals surface area (Å²) in [5.74, 6) is -0.547. The number of rotatable bonds is 5. The molecule has 2 aromatic heterocycles. The SMILES string of the molecule is Cn1ccc(CNCc2oc3ccccc3c2C(=O)O)n1. The lowest BCUT2D eigenvalue weighted by molar-refractivity contribution is 0.0696. The molecular formula is C15H15N3O3. The monoisotopic (exact) mass is 285 g/mol. The molecule has 0 aliphatic heterocycles. The largest absolute Gasteiger partial charge is 0.478 e. The Morgan fingerprint density at radius 1 is 1.33 bits per heavy atom. The predicted molar refractivity (Wildman–Crippen MR) is 76.9 cm³/mol. The Labute approximate surface area is 121 Å². The first kappa shape index (κ1) is 13.4. The zero-order chi connectivity index (χ0) is 14.8. The van der Waals surface area contributed by atoms with Gasteiger partial charge in [0, 0.05) is 25.2 Å². The maximum atomic E-state index is 11.4. The van der Waals surface area contributed by atoms with Crippen molar-refractivity contribution in [2.75, 3.05) is 0 Å². The summed E-state index contributed by atoms with van der Waals surface area (Å²) < 4.78 is 7.36. The molecule has 0 fully saturated rings. The molecule has 0 radical (unpaired) electrons. The molecule has 3 rings (SSSR count). The van der Waals surface area contributed by atoms with E-state index in [1.54, 1.807) is 22.9 Å². The van der Waals surface area contributed by atoms with Crippen molar-refractivity contribution in [2.24, 2.45) is 7.05 Å². The van der Waals surface area contributed by atoms with Crippen LogP contribution in [0, 0.1) is 0 Å². The van der Waals surface area contributed by atoms with E-state index in [4.69, 9.17) is 4.42 Å². The molecule has 0 atom stereocenters. The number of aromatic nitrogens is 2. The lowest BCUT2D eigenvalue weighted by Gasteiger charge is -2.01. The molecule has 0 aliphatic rings. The lowest BCUT2D eigenvalue weighted by atomic mass is 10.1. The van der Waals surface area contributed by atoms with Crippen LogP contribution in [0.4, 0.5) is 0 Å². The molecule has 0 bridgehead atoms. The fraction of sp³-hybridized carbons (Fsp3) is 0.200. The van der Waals surface area contributed by atoms with Crippen LogP contribution in [0.25, 0.3) is 11.0 Å². The van der Waals surface area contributed by atoms with Crippen LogP contribution in [0.3, 0.4) is 0 Å². The van der Waals surface area contributed by atoms with E-state index < -0.39 is 5.97 Å². The molecule has 0 spiro atoms. The van der Waals surface area contributed by atoms with Crippen LogP contribution in [0.5, 0.6) is 0 Å². The van der Waals surface area contributed by atoms with Gasteiger partial charge < -0.3 is 14.8 Å². The van der Waals surface area contributed by atoms with Gasteiger partial charge in [-0.2, -0.15) is 5.10 Å². The number of aryl methyl sites for hydroxylation is 1. The molecular weight excluding hydrogens is 270 g/mol. The normalized spacial score (nSPS) is 11.1. The van der Waals surface area contributed by atoms with E-state index >= 15 is 0 Å². The van der Waals surface area contributed by atoms with E-state index in [1.807, 2.05) is 25.4 Å². The van der Waals surface area contributed by atoms with Gasteiger partial charge in [0.25, 0.3) is 0 Å². The van der Waals surface area contributed by atoms with E-state index in [2.05, 4.69) is 10.4 Å². The number of para-hydroxylation sites is 1. The fourth-order valence-corrected chi connectivity index (χ4v) is 2.32. The number of furan rings is 1. The van der Waals surface area contributed by atoms with Crippen molar-refractivity contribution >= 4 is 16.9 Å². The maximum absolute atomic E-state index is 11.4. The van der Waals surface area contributed by atoms with Crippen LogP contribution in [-0.2, 0) is 20.1 Å². The summed E-state index contributed by atoms with van der Waals surface area (Å²) in [5.41, 5.74) is 1.70. The molecule has 1 aromatic carbocycles. The summed E-state index contributed by atoms with van der Waals surface area (Å²) in [6.07, 6.45) is 1.86. The highest BCUT2D eigenvalue weighted by atomic mass is 16.4. The van der Waals surface area contributed by atoms with E-state index in [0.29, 0.717) is 29.8 Å². The standard InChI is InChI=1S/C15H15N3O3/c1-18-7-6-10(17-18)8-16-9-13-14(15(19)20)11-4-2-3-5-12(11)21-13/h2-7,16H,8-9H2,1H3,(H,19,20). The van der Waals surface area contributed by atoms with Crippen LogP contribution < -0.4 is 5.32 Å². The Morgan fingerprint density at radius 3 is 2.86 bits per heavy atom. The van der Waals surface area contributed by atoms with Crippen LogP contribution >= 0.6 is 0 Å². The molecule has 2 heterocycles. The second-order valence-corrected chi connectivity index (χ2v) is 4.79. The van der Waals surface area contributed by atoms with E-state index in [9.17, 15) is 9.90 Å². The van der Waals surface area contributed by atoms with Crippen molar-refractivity contribution in [3.63, 3.8) is 0 Å². The van der Waals surface area contributed by atoms with E-state index in [0.717, 1.165) is 5.69 Å². The van der Waals surface area contributed by atoms with Gasteiger partial charge in [0.05, 0.1) is 12.2 Å². The van der Waals surface area contributed by atoms with Crippen molar-refractivity contribution in [1.29, 1.82) is 0 Å². The summed E-state index contributed by atoms with van der Waals surface area (Å²) in [7, 11) is 1.85. The summed E-state index contributed by atoms with van der Waals surface area (Å²) >= 11 is 0. The van der Waals surface area contributed by atoms with Gasteiger partial charge in [0.1, 0.15) is 16.9 Å². The van der Waals surface area contributed by atoms with Crippen molar-refractivity contribution in [1.82, 2.24) is 15.1 Å². The number of aromatic carboxylic acids is 1. The Kier molecular flexibility index (Phi) is 3.45.